The number of amides is 1. The van der Waals surface area contributed by atoms with Crippen LogP contribution in [0.1, 0.15) is 0 Å². The normalized spacial score (nSPS) is 23.3. The molecule has 0 radical (unpaired) electrons. The summed E-state index contributed by atoms with van der Waals surface area (Å²) < 4.78 is 5.14. The maximum absolute atomic E-state index is 11.9. The lowest BCUT2D eigenvalue weighted by atomic mass is 10.3. The summed E-state index contributed by atoms with van der Waals surface area (Å²) in [5.74, 6) is 0.392. The van der Waals surface area contributed by atoms with Gasteiger partial charge in [0.2, 0.25) is 5.91 Å². The van der Waals surface area contributed by atoms with E-state index in [2.05, 4.69) is 5.32 Å². The van der Waals surface area contributed by atoms with Gasteiger partial charge in [0.25, 0.3) is 0 Å². The highest BCUT2D eigenvalue weighted by atomic mass is 16.5. The predicted octanol–water partition coefficient (Wildman–Crippen LogP) is -0.329. The summed E-state index contributed by atoms with van der Waals surface area (Å²) in [7, 11) is 1.54. The van der Waals surface area contributed by atoms with Crippen LogP contribution < -0.4 is 10.1 Å². The van der Waals surface area contributed by atoms with Crippen molar-refractivity contribution in [2.45, 2.75) is 12.2 Å². The molecule has 0 spiro atoms. The number of aliphatic hydroxyl groups excluding tert-OH is 2. The van der Waals surface area contributed by atoms with Crippen LogP contribution in [0.5, 0.6) is 5.75 Å². The standard InChI is InChI=1S/C13H18N2O4/c1-19-12-5-3-2-4-9(12)14-13(18)8-15-6-10(16)11(17)7-15/h2-5,10-11,16-17H,6-8H2,1H3,(H,14,18)/t10-,11+. The van der Waals surface area contributed by atoms with Gasteiger partial charge in [0, 0.05) is 13.1 Å². The third-order valence-corrected chi connectivity index (χ3v) is 3.08. The van der Waals surface area contributed by atoms with Crippen molar-refractivity contribution in [1.29, 1.82) is 0 Å². The number of likely N-dealkylation sites (tertiary alicyclic amines) is 1. The van der Waals surface area contributed by atoms with E-state index in [1.807, 2.05) is 12.1 Å². The Bertz CT molecular complexity index is 442. The summed E-state index contributed by atoms with van der Waals surface area (Å²) in [6.45, 7) is 0.743. The first-order valence-electron chi connectivity index (χ1n) is 6.11. The number of methoxy groups -OCH3 is 1. The van der Waals surface area contributed by atoms with Gasteiger partial charge in [0.1, 0.15) is 5.75 Å². The number of hydrogen-bond acceptors (Lipinski definition) is 5. The third-order valence-electron chi connectivity index (χ3n) is 3.08. The number of nitrogens with zero attached hydrogens (tertiary/aromatic N) is 1. The molecule has 1 fully saturated rings. The monoisotopic (exact) mass is 266 g/mol. The third kappa shape index (κ3) is 3.44. The lowest BCUT2D eigenvalue weighted by molar-refractivity contribution is -0.117. The lowest BCUT2D eigenvalue weighted by Gasteiger charge is -2.15. The van der Waals surface area contributed by atoms with Gasteiger partial charge in [-0.15, -0.1) is 0 Å². The molecule has 1 aromatic carbocycles. The zero-order valence-electron chi connectivity index (χ0n) is 10.7. The molecule has 1 heterocycles. The van der Waals surface area contributed by atoms with E-state index in [0.717, 1.165) is 0 Å². The molecule has 0 unspecified atom stereocenters. The maximum Gasteiger partial charge on any atom is 0.238 e. The van der Waals surface area contributed by atoms with E-state index in [0.29, 0.717) is 24.5 Å². The topological polar surface area (TPSA) is 82.0 Å². The first-order chi connectivity index (χ1) is 9.10. The smallest absolute Gasteiger partial charge is 0.238 e. The molecule has 3 N–H and O–H groups in total. The van der Waals surface area contributed by atoms with Crippen molar-refractivity contribution in [3.05, 3.63) is 24.3 Å². The number of nitrogens with one attached hydrogen (secondary N) is 1. The molecule has 1 amide bonds. The highest BCUT2D eigenvalue weighted by molar-refractivity contribution is 5.93. The van der Waals surface area contributed by atoms with Gasteiger partial charge in [-0.05, 0) is 12.1 Å². The predicted molar refractivity (Wildman–Crippen MR) is 70.1 cm³/mol. The molecule has 104 valence electrons. The Morgan fingerprint density at radius 2 is 2.00 bits per heavy atom. The largest absolute Gasteiger partial charge is 0.495 e. The molecule has 6 heteroatoms. The van der Waals surface area contributed by atoms with Crippen LogP contribution in [0.2, 0.25) is 0 Å². The van der Waals surface area contributed by atoms with E-state index < -0.39 is 12.2 Å². The fourth-order valence-electron chi connectivity index (χ4n) is 2.12. The molecule has 1 aromatic rings. The van der Waals surface area contributed by atoms with Gasteiger partial charge in [-0.1, -0.05) is 12.1 Å². The van der Waals surface area contributed by atoms with Gasteiger partial charge in [-0.3, -0.25) is 9.69 Å². The first kappa shape index (κ1) is 13.8. The minimum atomic E-state index is -0.779. The molecule has 1 saturated heterocycles. The quantitative estimate of drug-likeness (QED) is 0.695. The van der Waals surface area contributed by atoms with Crippen molar-refractivity contribution >= 4 is 11.6 Å². The summed E-state index contributed by atoms with van der Waals surface area (Å²) in [6.07, 6.45) is -1.56. The zero-order chi connectivity index (χ0) is 13.8. The highest BCUT2D eigenvalue weighted by Gasteiger charge is 2.30. The van der Waals surface area contributed by atoms with Gasteiger partial charge in [0.15, 0.2) is 0 Å². The van der Waals surface area contributed by atoms with Gasteiger partial charge in [-0.2, -0.15) is 0 Å². The van der Waals surface area contributed by atoms with E-state index in [1.165, 1.54) is 7.11 Å². The Morgan fingerprint density at radius 1 is 1.37 bits per heavy atom. The minimum absolute atomic E-state index is 0.131. The molecular weight excluding hydrogens is 248 g/mol. The molecule has 2 rings (SSSR count). The number of anilines is 1. The van der Waals surface area contributed by atoms with Crippen molar-refractivity contribution in [2.24, 2.45) is 0 Å². The summed E-state index contributed by atoms with van der Waals surface area (Å²) in [5, 5.41) is 21.6. The van der Waals surface area contributed by atoms with Crippen molar-refractivity contribution < 1.29 is 19.7 Å². The number of carbonyl (C=O) groups is 1. The second-order valence-corrected chi connectivity index (χ2v) is 4.58. The van der Waals surface area contributed by atoms with Crippen LogP contribution in [0.3, 0.4) is 0 Å². The number of aliphatic hydroxyl groups is 2. The second-order valence-electron chi connectivity index (χ2n) is 4.58. The fourth-order valence-corrected chi connectivity index (χ4v) is 2.12. The van der Waals surface area contributed by atoms with Crippen LogP contribution in [-0.4, -0.2) is 60.0 Å². The Labute approximate surface area is 111 Å². The average molecular weight is 266 g/mol. The number of carbonyl (C=O) groups excluding carboxylic acids is 1. The molecule has 1 aliphatic heterocycles. The first-order valence-corrected chi connectivity index (χ1v) is 6.11. The van der Waals surface area contributed by atoms with Crippen LogP contribution in [-0.2, 0) is 4.79 Å². The van der Waals surface area contributed by atoms with Crippen LogP contribution >= 0.6 is 0 Å². The second kappa shape index (κ2) is 6.01. The van der Waals surface area contributed by atoms with Crippen molar-refractivity contribution in [2.75, 3.05) is 32.1 Å². The van der Waals surface area contributed by atoms with E-state index in [-0.39, 0.29) is 12.5 Å². The summed E-state index contributed by atoms with van der Waals surface area (Å²) >= 11 is 0. The van der Waals surface area contributed by atoms with E-state index >= 15 is 0 Å². The molecular formula is C13H18N2O4. The highest BCUT2D eigenvalue weighted by Crippen LogP contribution is 2.23. The Morgan fingerprint density at radius 3 is 2.63 bits per heavy atom. The van der Waals surface area contributed by atoms with Crippen LogP contribution in [0.15, 0.2) is 24.3 Å². The molecule has 2 atom stereocenters. The summed E-state index contributed by atoms with van der Waals surface area (Å²) in [6, 6.07) is 7.15. The summed E-state index contributed by atoms with van der Waals surface area (Å²) in [4.78, 5) is 13.6. The number of hydrogen-bond donors (Lipinski definition) is 3. The number of rotatable bonds is 4. The number of β-amino-alcohol motifs (C(OH)–C–C–N with tert-alkyl or cyclic N) is 2. The van der Waals surface area contributed by atoms with E-state index in [1.54, 1.807) is 17.0 Å². The summed E-state index contributed by atoms with van der Waals surface area (Å²) in [5.41, 5.74) is 0.607. The average Bonchev–Trinajstić information content (AvgIpc) is 2.68. The number of benzene rings is 1. The van der Waals surface area contributed by atoms with E-state index in [4.69, 9.17) is 4.74 Å². The number of ether oxygens (including phenoxy) is 1. The van der Waals surface area contributed by atoms with E-state index in [9.17, 15) is 15.0 Å². The van der Waals surface area contributed by atoms with Gasteiger partial charge < -0.3 is 20.3 Å². The Hall–Kier alpha value is -1.63. The Kier molecular flexibility index (Phi) is 4.36. The maximum atomic E-state index is 11.9. The van der Waals surface area contributed by atoms with Crippen molar-refractivity contribution in [3.8, 4) is 5.75 Å². The zero-order valence-corrected chi connectivity index (χ0v) is 10.7. The number of para-hydroxylation sites is 2. The van der Waals surface area contributed by atoms with Gasteiger partial charge in [-0.25, -0.2) is 0 Å². The molecule has 19 heavy (non-hydrogen) atoms. The van der Waals surface area contributed by atoms with Gasteiger partial charge in [0.05, 0.1) is 31.5 Å². The molecule has 0 saturated carbocycles. The van der Waals surface area contributed by atoms with Crippen LogP contribution in [0, 0.1) is 0 Å². The SMILES string of the molecule is COc1ccccc1NC(=O)CN1C[C@@H](O)[C@@H](O)C1. The van der Waals surface area contributed by atoms with Crippen LogP contribution in [0.4, 0.5) is 5.69 Å². The molecule has 1 aliphatic rings. The van der Waals surface area contributed by atoms with Crippen molar-refractivity contribution in [1.82, 2.24) is 4.90 Å². The fraction of sp³-hybridized carbons (Fsp3) is 0.462. The van der Waals surface area contributed by atoms with Crippen LogP contribution in [0.25, 0.3) is 0 Å². The molecule has 0 aromatic heterocycles. The molecule has 0 bridgehead atoms. The Balaban J connectivity index is 1.91. The van der Waals surface area contributed by atoms with Crippen molar-refractivity contribution in [3.63, 3.8) is 0 Å². The molecule has 0 aliphatic carbocycles. The molecule has 6 nitrogen and oxygen atoms in total. The van der Waals surface area contributed by atoms with Gasteiger partial charge >= 0.3 is 0 Å². The minimum Gasteiger partial charge on any atom is -0.495 e. The lowest BCUT2D eigenvalue weighted by Crippen LogP contribution is -2.32.